The zero-order valence-corrected chi connectivity index (χ0v) is 13.4. The highest BCUT2D eigenvalue weighted by Crippen LogP contribution is 2.36. The standard InChI is InChI=1S/C21H18N2O/c1-15-21(16-8-4-2-5-9-16)19-14-18(24)12-13-20(19)23(15)22-17-10-6-3-7-11-17/h2-14,22,24H,1H3. The van der Waals surface area contributed by atoms with E-state index in [0.717, 1.165) is 33.4 Å². The minimum Gasteiger partial charge on any atom is -0.508 e. The lowest BCUT2D eigenvalue weighted by atomic mass is 10.0. The molecule has 1 heterocycles. The number of rotatable bonds is 3. The van der Waals surface area contributed by atoms with Crippen LogP contribution in [0.3, 0.4) is 0 Å². The quantitative estimate of drug-likeness (QED) is 0.545. The van der Waals surface area contributed by atoms with Gasteiger partial charge in [0, 0.05) is 16.6 Å². The third-order valence-corrected chi connectivity index (χ3v) is 4.26. The number of benzene rings is 3. The van der Waals surface area contributed by atoms with Gasteiger partial charge in [-0.2, -0.15) is 0 Å². The molecule has 1 aromatic heterocycles. The fourth-order valence-electron chi connectivity index (χ4n) is 3.16. The monoisotopic (exact) mass is 314 g/mol. The normalized spacial score (nSPS) is 10.9. The van der Waals surface area contributed by atoms with Crippen molar-refractivity contribution >= 4 is 16.6 Å². The number of aromatic nitrogens is 1. The van der Waals surface area contributed by atoms with Crippen LogP contribution >= 0.6 is 0 Å². The predicted octanol–water partition coefficient (Wildman–Crippen LogP) is 5.20. The summed E-state index contributed by atoms with van der Waals surface area (Å²) in [6.45, 7) is 2.09. The Morgan fingerprint density at radius 3 is 2.21 bits per heavy atom. The summed E-state index contributed by atoms with van der Waals surface area (Å²) in [5.74, 6) is 0.275. The summed E-state index contributed by atoms with van der Waals surface area (Å²) in [6, 6.07) is 25.8. The van der Waals surface area contributed by atoms with E-state index in [1.807, 2.05) is 60.7 Å². The molecule has 118 valence electrons. The highest BCUT2D eigenvalue weighted by atomic mass is 16.3. The lowest BCUT2D eigenvalue weighted by Crippen LogP contribution is -2.10. The van der Waals surface area contributed by atoms with E-state index in [1.165, 1.54) is 0 Å². The topological polar surface area (TPSA) is 37.2 Å². The van der Waals surface area contributed by atoms with Crippen LogP contribution < -0.4 is 5.43 Å². The molecule has 24 heavy (non-hydrogen) atoms. The SMILES string of the molecule is Cc1c(-c2ccccc2)c2cc(O)ccc2n1Nc1ccccc1. The Labute approximate surface area is 140 Å². The Balaban J connectivity index is 1.96. The van der Waals surface area contributed by atoms with Crippen LogP contribution in [0.15, 0.2) is 78.9 Å². The molecule has 0 radical (unpaired) electrons. The number of anilines is 1. The first-order valence-electron chi connectivity index (χ1n) is 7.95. The summed E-state index contributed by atoms with van der Waals surface area (Å²) in [4.78, 5) is 0. The fourth-order valence-corrected chi connectivity index (χ4v) is 3.16. The third-order valence-electron chi connectivity index (χ3n) is 4.26. The van der Waals surface area contributed by atoms with Crippen LogP contribution in [0, 0.1) is 6.92 Å². The lowest BCUT2D eigenvalue weighted by molar-refractivity contribution is 0.476. The van der Waals surface area contributed by atoms with Crippen molar-refractivity contribution in [2.24, 2.45) is 0 Å². The molecule has 0 saturated carbocycles. The molecule has 0 bridgehead atoms. The Morgan fingerprint density at radius 2 is 1.50 bits per heavy atom. The van der Waals surface area contributed by atoms with E-state index in [2.05, 4.69) is 29.2 Å². The van der Waals surface area contributed by atoms with Crippen molar-refractivity contribution in [3.05, 3.63) is 84.6 Å². The first-order valence-corrected chi connectivity index (χ1v) is 7.95. The molecule has 3 aromatic carbocycles. The van der Waals surface area contributed by atoms with Gasteiger partial charge >= 0.3 is 0 Å². The van der Waals surface area contributed by atoms with E-state index in [0.29, 0.717) is 0 Å². The summed E-state index contributed by atoms with van der Waals surface area (Å²) in [6.07, 6.45) is 0. The summed E-state index contributed by atoms with van der Waals surface area (Å²) in [7, 11) is 0. The second-order valence-electron chi connectivity index (χ2n) is 5.84. The molecule has 0 unspecified atom stereocenters. The van der Waals surface area contributed by atoms with Crippen molar-refractivity contribution in [3.8, 4) is 16.9 Å². The minimum absolute atomic E-state index is 0.275. The fraction of sp³-hybridized carbons (Fsp3) is 0.0476. The van der Waals surface area contributed by atoms with Crippen molar-refractivity contribution in [2.75, 3.05) is 5.43 Å². The van der Waals surface area contributed by atoms with Crippen LogP contribution in [-0.4, -0.2) is 9.78 Å². The molecule has 4 rings (SSSR count). The molecule has 0 spiro atoms. The number of nitrogens with zero attached hydrogens (tertiary/aromatic N) is 1. The van der Waals surface area contributed by atoms with Gasteiger partial charge in [-0.25, -0.2) is 0 Å². The molecule has 2 N–H and O–H groups in total. The van der Waals surface area contributed by atoms with Gasteiger partial charge in [0.2, 0.25) is 0 Å². The molecular weight excluding hydrogens is 296 g/mol. The average Bonchev–Trinajstić information content (AvgIpc) is 2.88. The van der Waals surface area contributed by atoms with E-state index in [-0.39, 0.29) is 5.75 Å². The largest absolute Gasteiger partial charge is 0.508 e. The number of phenols is 1. The van der Waals surface area contributed by atoms with E-state index in [4.69, 9.17) is 0 Å². The van der Waals surface area contributed by atoms with Crippen molar-refractivity contribution in [1.82, 2.24) is 4.68 Å². The summed E-state index contributed by atoms with van der Waals surface area (Å²) in [5.41, 5.74) is 8.88. The number of hydrogen-bond donors (Lipinski definition) is 2. The molecule has 0 aliphatic heterocycles. The van der Waals surface area contributed by atoms with Gasteiger partial charge in [0.1, 0.15) is 5.75 Å². The molecule has 0 aliphatic rings. The van der Waals surface area contributed by atoms with Crippen LogP contribution in [0.4, 0.5) is 5.69 Å². The van der Waals surface area contributed by atoms with E-state index < -0.39 is 0 Å². The Morgan fingerprint density at radius 1 is 0.833 bits per heavy atom. The van der Waals surface area contributed by atoms with Gasteiger partial charge in [-0.05, 0) is 42.8 Å². The van der Waals surface area contributed by atoms with Gasteiger partial charge in [0.25, 0.3) is 0 Å². The second-order valence-corrected chi connectivity index (χ2v) is 5.84. The van der Waals surface area contributed by atoms with Crippen molar-refractivity contribution in [2.45, 2.75) is 6.92 Å². The third kappa shape index (κ3) is 2.40. The first kappa shape index (κ1) is 14.4. The van der Waals surface area contributed by atoms with Crippen LogP contribution in [0.5, 0.6) is 5.75 Å². The molecule has 4 aromatic rings. The summed E-state index contributed by atoms with van der Waals surface area (Å²) >= 11 is 0. The highest BCUT2D eigenvalue weighted by molar-refractivity contribution is 5.99. The lowest BCUT2D eigenvalue weighted by Gasteiger charge is -2.12. The predicted molar refractivity (Wildman–Crippen MR) is 99.2 cm³/mol. The molecule has 0 fully saturated rings. The number of para-hydroxylation sites is 1. The van der Waals surface area contributed by atoms with Crippen molar-refractivity contribution in [1.29, 1.82) is 0 Å². The minimum atomic E-state index is 0.275. The Hall–Kier alpha value is -3.20. The average molecular weight is 314 g/mol. The number of fused-ring (bicyclic) bond motifs is 1. The van der Waals surface area contributed by atoms with Gasteiger partial charge in [0.05, 0.1) is 11.2 Å². The maximum absolute atomic E-state index is 9.96. The Kier molecular flexibility index (Phi) is 3.47. The molecule has 3 heteroatoms. The number of nitrogens with one attached hydrogen (secondary N) is 1. The van der Waals surface area contributed by atoms with Crippen LogP contribution in [0.25, 0.3) is 22.0 Å². The smallest absolute Gasteiger partial charge is 0.116 e. The van der Waals surface area contributed by atoms with E-state index >= 15 is 0 Å². The van der Waals surface area contributed by atoms with Crippen LogP contribution in [0.1, 0.15) is 5.69 Å². The highest BCUT2D eigenvalue weighted by Gasteiger charge is 2.16. The number of hydrogen-bond acceptors (Lipinski definition) is 2. The zero-order chi connectivity index (χ0) is 16.5. The Bertz CT molecular complexity index is 989. The molecule has 0 aliphatic carbocycles. The maximum atomic E-state index is 9.96. The molecular formula is C21H18N2O. The van der Waals surface area contributed by atoms with E-state index in [9.17, 15) is 5.11 Å². The zero-order valence-electron chi connectivity index (χ0n) is 13.4. The van der Waals surface area contributed by atoms with Gasteiger partial charge in [-0.15, -0.1) is 0 Å². The van der Waals surface area contributed by atoms with E-state index in [1.54, 1.807) is 6.07 Å². The van der Waals surface area contributed by atoms with Gasteiger partial charge in [-0.3, -0.25) is 10.1 Å². The molecule has 0 atom stereocenters. The van der Waals surface area contributed by atoms with Crippen LogP contribution in [-0.2, 0) is 0 Å². The van der Waals surface area contributed by atoms with Crippen molar-refractivity contribution < 1.29 is 5.11 Å². The molecule has 0 amide bonds. The number of aromatic hydroxyl groups is 1. The second kappa shape index (κ2) is 5.78. The molecule has 0 saturated heterocycles. The van der Waals surface area contributed by atoms with Gasteiger partial charge < -0.3 is 5.11 Å². The number of phenolic OH excluding ortho intramolecular Hbond substituents is 1. The molecule has 3 nitrogen and oxygen atoms in total. The van der Waals surface area contributed by atoms with Gasteiger partial charge in [0.15, 0.2) is 0 Å². The van der Waals surface area contributed by atoms with Gasteiger partial charge in [-0.1, -0.05) is 48.5 Å². The van der Waals surface area contributed by atoms with Crippen molar-refractivity contribution in [3.63, 3.8) is 0 Å². The first-order chi connectivity index (χ1) is 11.7. The summed E-state index contributed by atoms with van der Waals surface area (Å²) < 4.78 is 2.08. The van der Waals surface area contributed by atoms with Crippen LogP contribution in [0.2, 0.25) is 0 Å². The summed E-state index contributed by atoms with van der Waals surface area (Å²) in [5, 5.41) is 11.0. The maximum Gasteiger partial charge on any atom is 0.116 e.